The molecule has 2 amide bonds. The van der Waals surface area contributed by atoms with Crippen LogP contribution < -0.4 is 4.90 Å². The monoisotopic (exact) mass is 252 g/mol. The van der Waals surface area contributed by atoms with E-state index in [0.717, 1.165) is 10.5 Å². The van der Waals surface area contributed by atoms with Crippen molar-refractivity contribution in [3.63, 3.8) is 0 Å². The second-order valence-electron chi connectivity index (χ2n) is 3.85. The van der Waals surface area contributed by atoms with Crippen LogP contribution in [-0.4, -0.2) is 26.8 Å². The fraction of sp³-hybridized carbons (Fsp3) is 0. The van der Waals surface area contributed by atoms with Gasteiger partial charge in [-0.15, -0.1) is 0 Å². The van der Waals surface area contributed by atoms with E-state index in [9.17, 15) is 9.59 Å². The van der Waals surface area contributed by atoms with Crippen molar-refractivity contribution < 1.29 is 9.59 Å². The van der Waals surface area contributed by atoms with Crippen molar-refractivity contribution in [2.75, 3.05) is 4.90 Å². The summed E-state index contributed by atoms with van der Waals surface area (Å²) in [6.45, 7) is 0. The minimum atomic E-state index is -0.335. The number of rotatable bonds is 2. The zero-order chi connectivity index (χ0) is 13.2. The summed E-state index contributed by atoms with van der Waals surface area (Å²) in [5, 5.41) is 0. The molecular formula is C13H8N4O2. The normalized spacial score (nSPS) is 14.2. The molecule has 6 heteroatoms. The van der Waals surface area contributed by atoms with Gasteiger partial charge >= 0.3 is 0 Å². The summed E-state index contributed by atoms with van der Waals surface area (Å²) in [7, 11) is 0. The Balaban J connectivity index is 1.92. The van der Waals surface area contributed by atoms with Crippen LogP contribution in [-0.2, 0) is 9.59 Å². The third kappa shape index (κ3) is 1.99. The highest BCUT2D eigenvalue weighted by Gasteiger charge is 2.24. The Hall–Kier alpha value is -2.89. The second kappa shape index (κ2) is 4.41. The highest BCUT2D eigenvalue weighted by molar-refractivity contribution is 6.28. The number of aromatic nitrogens is 3. The van der Waals surface area contributed by atoms with Gasteiger partial charge < -0.3 is 0 Å². The first kappa shape index (κ1) is 11.2. The lowest BCUT2D eigenvalue weighted by molar-refractivity contribution is -0.119. The van der Waals surface area contributed by atoms with Gasteiger partial charge in [-0.2, -0.15) is 0 Å². The number of anilines is 1. The molecule has 0 radical (unpaired) electrons. The van der Waals surface area contributed by atoms with Crippen LogP contribution in [0.15, 0.2) is 49.1 Å². The molecule has 19 heavy (non-hydrogen) atoms. The van der Waals surface area contributed by atoms with Gasteiger partial charge in [-0.25, -0.2) is 19.9 Å². The fourth-order valence-electron chi connectivity index (χ4n) is 1.80. The van der Waals surface area contributed by atoms with Crippen LogP contribution in [0.3, 0.4) is 0 Å². The van der Waals surface area contributed by atoms with Gasteiger partial charge in [-0.05, 0) is 24.3 Å². The molecule has 6 nitrogen and oxygen atoms in total. The lowest BCUT2D eigenvalue weighted by Crippen LogP contribution is -2.29. The number of amides is 2. The van der Waals surface area contributed by atoms with Crippen LogP contribution in [0.4, 0.5) is 5.69 Å². The van der Waals surface area contributed by atoms with Gasteiger partial charge in [-0.1, -0.05) is 0 Å². The molecule has 1 aliphatic heterocycles. The van der Waals surface area contributed by atoms with E-state index in [1.54, 1.807) is 24.3 Å². The maximum Gasteiger partial charge on any atom is 0.258 e. The summed E-state index contributed by atoms with van der Waals surface area (Å²) in [6.07, 6.45) is 5.33. The molecule has 92 valence electrons. The van der Waals surface area contributed by atoms with Gasteiger partial charge in [0.1, 0.15) is 12.7 Å². The van der Waals surface area contributed by atoms with Crippen molar-refractivity contribution in [1.29, 1.82) is 0 Å². The van der Waals surface area contributed by atoms with Gasteiger partial charge in [0.15, 0.2) is 5.82 Å². The molecule has 0 atom stereocenters. The minimum Gasteiger partial charge on any atom is -0.269 e. The van der Waals surface area contributed by atoms with Gasteiger partial charge in [0.2, 0.25) is 0 Å². The summed E-state index contributed by atoms with van der Waals surface area (Å²) in [5.41, 5.74) is 1.32. The molecule has 0 bridgehead atoms. The first-order valence-corrected chi connectivity index (χ1v) is 5.54. The van der Waals surface area contributed by atoms with E-state index in [2.05, 4.69) is 15.0 Å². The number of nitrogens with zero attached hydrogens (tertiary/aromatic N) is 4. The molecule has 0 unspecified atom stereocenters. The lowest BCUT2D eigenvalue weighted by Gasteiger charge is -2.13. The second-order valence-corrected chi connectivity index (χ2v) is 3.85. The number of carbonyl (C=O) groups excluding carboxylic acids is 2. The number of hydrogen-bond acceptors (Lipinski definition) is 5. The van der Waals surface area contributed by atoms with E-state index in [-0.39, 0.29) is 11.8 Å². The molecule has 2 aromatic rings. The smallest absolute Gasteiger partial charge is 0.258 e. The number of carbonyl (C=O) groups is 2. The maximum atomic E-state index is 11.5. The molecule has 0 spiro atoms. The Morgan fingerprint density at radius 1 is 0.842 bits per heavy atom. The van der Waals surface area contributed by atoms with E-state index in [0.29, 0.717) is 11.5 Å². The van der Waals surface area contributed by atoms with Gasteiger partial charge in [0.25, 0.3) is 11.8 Å². The molecule has 0 N–H and O–H groups in total. The fourth-order valence-corrected chi connectivity index (χ4v) is 1.80. The Kier molecular flexibility index (Phi) is 2.60. The van der Waals surface area contributed by atoms with Gasteiger partial charge in [-0.3, -0.25) is 9.59 Å². The van der Waals surface area contributed by atoms with Crippen molar-refractivity contribution in [3.05, 3.63) is 49.1 Å². The van der Waals surface area contributed by atoms with Crippen LogP contribution in [0, 0.1) is 0 Å². The van der Waals surface area contributed by atoms with Crippen molar-refractivity contribution in [3.8, 4) is 11.4 Å². The topological polar surface area (TPSA) is 76.1 Å². The Morgan fingerprint density at radius 2 is 1.42 bits per heavy atom. The zero-order valence-corrected chi connectivity index (χ0v) is 9.72. The third-order valence-electron chi connectivity index (χ3n) is 2.69. The number of hydrogen-bond donors (Lipinski definition) is 0. The molecule has 0 fully saturated rings. The van der Waals surface area contributed by atoms with E-state index >= 15 is 0 Å². The highest BCUT2D eigenvalue weighted by Crippen LogP contribution is 2.22. The summed E-state index contributed by atoms with van der Waals surface area (Å²) in [5.74, 6) is -0.130. The summed E-state index contributed by atoms with van der Waals surface area (Å²) < 4.78 is 0. The largest absolute Gasteiger partial charge is 0.269 e. The molecule has 0 aliphatic carbocycles. The average Bonchev–Trinajstić information content (AvgIpc) is 2.79. The number of imide groups is 1. The molecular weight excluding hydrogens is 244 g/mol. The predicted octanol–water partition coefficient (Wildman–Crippen LogP) is 0.968. The minimum absolute atomic E-state index is 0.335. The average molecular weight is 252 g/mol. The van der Waals surface area contributed by atoms with Crippen LogP contribution >= 0.6 is 0 Å². The number of benzene rings is 1. The summed E-state index contributed by atoms with van der Waals surface area (Å²) in [4.78, 5) is 36.0. The predicted molar refractivity (Wildman–Crippen MR) is 66.9 cm³/mol. The summed E-state index contributed by atoms with van der Waals surface area (Å²) >= 11 is 0. The van der Waals surface area contributed by atoms with Gasteiger partial charge in [0, 0.05) is 17.7 Å². The van der Waals surface area contributed by atoms with Crippen LogP contribution in [0.2, 0.25) is 0 Å². The molecule has 3 rings (SSSR count). The zero-order valence-electron chi connectivity index (χ0n) is 9.72. The van der Waals surface area contributed by atoms with E-state index in [4.69, 9.17) is 0 Å². The van der Waals surface area contributed by atoms with Crippen LogP contribution in [0.5, 0.6) is 0 Å². The van der Waals surface area contributed by atoms with Crippen molar-refractivity contribution in [2.24, 2.45) is 0 Å². The third-order valence-corrected chi connectivity index (χ3v) is 2.69. The molecule has 0 saturated carbocycles. The van der Waals surface area contributed by atoms with E-state index < -0.39 is 0 Å². The quantitative estimate of drug-likeness (QED) is 0.744. The van der Waals surface area contributed by atoms with Crippen LogP contribution in [0.25, 0.3) is 11.4 Å². The Labute approximate surface area is 108 Å². The first-order valence-electron chi connectivity index (χ1n) is 5.54. The van der Waals surface area contributed by atoms with Crippen LogP contribution in [0.1, 0.15) is 0 Å². The lowest BCUT2D eigenvalue weighted by atomic mass is 10.2. The SMILES string of the molecule is O=C1C=CC(=O)N1c1ccc(-c2ncncn2)cc1. The molecule has 0 saturated heterocycles. The van der Waals surface area contributed by atoms with Crippen molar-refractivity contribution in [1.82, 2.24) is 15.0 Å². The Bertz CT molecular complexity index is 647. The molecule has 1 aromatic carbocycles. The molecule has 2 heterocycles. The van der Waals surface area contributed by atoms with E-state index in [1.807, 2.05) is 0 Å². The standard InChI is InChI=1S/C13H8N4O2/c18-11-5-6-12(19)17(11)10-3-1-9(2-4-10)13-15-7-14-8-16-13/h1-8H. The van der Waals surface area contributed by atoms with Gasteiger partial charge in [0.05, 0.1) is 5.69 Å². The molecule has 1 aromatic heterocycles. The molecule has 1 aliphatic rings. The maximum absolute atomic E-state index is 11.5. The Morgan fingerprint density at radius 3 is 2.00 bits per heavy atom. The summed E-state index contributed by atoms with van der Waals surface area (Å²) in [6, 6.07) is 6.87. The van der Waals surface area contributed by atoms with Crippen molar-refractivity contribution in [2.45, 2.75) is 0 Å². The van der Waals surface area contributed by atoms with Crippen molar-refractivity contribution >= 4 is 17.5 Å². The highest BCUT2D eigenvalue weighted by atomic mass is 16.2. The van der Waals surface area contributed by atoms with E-state index in [1.165, 1.54) is 24.8 Å². The first-order chi connectivity index (χ1) is 9.25.